The molecule has 1 atom stereocenters. The first-order valence-electron chi connectivity index (χ1n) is 6.65. The number of pyridine rings is 1. The van der Waals surface area contributed by atoms with Crippen molar-refractivity contribution in [2.24, 2.45) is 0 Å². The number of nitrogens with one attached hydrogen (secondary N) is 1. The fourth-order valence-electron chi connectivity index (χ4n) is 2.14. The molecule has 0 fully saturated rings. The van der Waals surface area contributed by atoms with Crippen molar-refractivity contribution in [2.75, 3.05) is 17.6 Å². The van der Waals surface area contributed by atoms with Crippen LogP contribution >= 0.6 is 0 Å². The van der Waals surface area contributed by atoms with Crippen LogP contribution in [0.25, 0.3) is 10.9 Å². The topological polar surface area (TPSA) is 71.2 Å². The third-order valence-electron chi connectivity index (χ3n) is 3.07. The number of aliphatic hydroxyl groups excluding tert-OH is 1. The number of hydrogen-bond donors (Lipinski definition) is 3. The van der Waals surface area contributed by atoms with E-state index >= 15 is 0 Å². The summed E-state index contributed by atoms with van der Waals surface area (Å²) in [4.78, 5) is 4.50. The van der Waals surface area contributed by atoms with E-state index in [1.807, 2.05) is 38.1 Å². The molecule has 4 N–H and O–H groups in total. The van der Waals surface area contributed by atoms with E-state index in [-0.39, 0.29) is 6.10 Å². The molecule has 0 bridgehead atoms. The monoisotopic (exact) mass is 259 g/mol. The Bertz CT molecular complexity index is 567. The standard InChI is InChI=1S/C15H21N3O/c1-10-8-15(17-7-3-4-11(2)19)13-9-12(16)5-6-14(13)18-10/h5-6,8-9,11,19H,3-4,7,16H2,1-2H3,(H,17,18). The molecule has 0 amide bonds. The average Bonchev–Trinajstić information content (AvgIpc) is 2.35. The lowest BCUT2D eigenvalue weighted by atomic mass is 10.1. The van der Waals surface area contributed by atoms with Gasteiger partial charge in [0, 0.05) is 29.0 Å². The Labute approximate surface area is 113 Å². The first-order valence-corrected chi connectivity index (χ1v) is 6.65. The van der Waals surface area contributed by atoms with Crippen LogP contribution in [-0.4, -0.2) is 22.7 Å². The van der Waals surface area contributed by atoms with Crippen LogP contribution in [0.4, 0.5) is 11.4 Å². The molecule has 0 saturated heterocycles. The highest BCUT2D eigenvalue weighted by atomic mass is 16.3. The number of hydrogen-bond acceptors (Lipinski definition) is 4. The number of aromatic nitrogens is 1. The van der Waals surface area contributed by atoms with Crippen LogP contribution in [0, 0.1) is 6.92 Å². The molecule has 1 heterocycles. The number of aliphatic hydroxyl groups is 1. The van der Waals surface area contributed by atoms with Crippen LogP contribution in [0.5, 0.6) is 0 Å². The minimum absolute atomic E-state index is 0.242. The van der Waals surface area contributed by atoms with Gasteiger partial charge in [-0.2, -0.15) is 0 Å². The van der Waals surface area contributed by atoms with Gasteiger partial charge in [0.1, 0.15) is 0 Å². The molecule has 4 heteroatoms. The Morgan fingerprint density at radius 3 is 2.89 bits per heavy atom. The van der Waals surface area contributed by atoms with E-state index in [0.717, 1.165) is 47.4 Å². The lowest BCUT2D eigenvalue weighted by molar-refractivity contribution is 0.183. The van der Waals surface area contributed by atoms with Gasteiger partial charge in [-0.05, 0) is 51.0 Å². The quantitative estimate of drug-likeness (QED) is 0.570. The Morgan fingerprint density at radius 2 is 2.16 bits per heavy atom. The lowest BCUT2D eigenvalue weighted by Gasteiger charge is -2.12. The van der Waals surface area contributed by atoms with E-state index < -0.39 is 0 Å². The van der Waals surface area contributed by atoms with E-state index in [0.29, 0.717) is 0 Å². The van der Waals surface area contributed by atoms with Crippen molar-refractivity contribution < 1.29 is 5.11 Å². The molecule has 19 heavy (non-hydrogen) atoms. The highest BCUT2D eigenvalue weighted by Crippen LogP contribution is 2.25. The second-order valence-corrected chi connectivity index (χ2v) is 5.01. The van der Waals surface area contributed by atoms with Gasteiger partial charge in [-0.3, -0.25) is 4.98 Å². The van der Waals surface area contributed by atoms with Crippen LogP contribution in [0.3, 0.4) is 0 Å². The first kappa shape index (κ1) is 13.6. The summed E-state index contributed by atoms with van der Waals surface area (Å²) in [5.41, 5.74) is 9.57. The molecular weight excluding hydrogens is 238 g/mol. The predicted molar refractivity (Wildman–Crippen MR) is 80.3 cm³/mol. The van der Waals surface area contributed by atoms with Crippen molar-refractivity contribution in [1.29, 1.82) is 0 Å². The summed E-state index contributed by atoms with van der Waals surface area (Å²) < 4.78 is 0. The zero-order valence-corrected chi connectivity index (χ0v) is 11.5. The molecule has 1 aromatic carbocycles. The van der Waals surface area contributed by atoms with Crippen molar-refractivity contribution in [2.45, 2.75) is 32.8 Å². The second kappa shape index (κ2) is 5.89. The molecule has 1 aromatic heterocycles. The van der Waals surface area contributed by atoms with Crippen molar-refractivity contribution in [3.63, 3.8) is 0 Å². The highest BCUT2D eigenvalue weighted by Gasteiger charge is 2.04. The van der Waals surface area contributed by atoms with Crippen LogP contribution in [0.1, 0.15) is 25.5 Å². The number of nitrogens with zero attached hydrogens (tertiary/aromatic N) is 1. The number of fused-ring (bicyclic) bond motifs is 1. The molecule has 0 spiro atoms. The van der Waals surface area contributed by atoms with E-state index in [4.69, 9.17) is 5.73 Å². The van der Waals surface area contributed by atoms with Crippen molar-refractivity contribution >= 4 is 22.3 Å². The van der Waals surface area contributed by atoms with Gasteiger partial charge in [-0.25, -0.2) is 0 Å². The summed E-state index contributed by atoms with van der Waals surface area (Å²) >= 11 is 0. The van der Waals surface area contributed by atoms with Crippen LogP contribution < -0.4 is 11.1 Å². The van der Waals surface area contributed by atoms with E-state index in [2.05, 4.69) is 10.3 Å². The summed E-state index contributed by atoms with van der Waals surface area (Å²) in [6.45, 7) is 4.63. The molecule has 102 valence electrons. The number of aryl methyl sites for hydroxylation is 1. The maximum Gasteiger partial charge on any atom is 0.0727 e. The average molecular weight is 259 g/mol. The summed E-state index contributed by atoms with van der Waals surface area (Å²) in [6, 6.07) is 7.79. The second-order valence-electron chi connectivity index (χ2n) is 5.01. The molecule has 0 aliphatic heterocycles. The largest absolute Gasteiger partial charge is 0.399 e. The van der Waals surface area contributed by atoms with E-state index in [9.17, 15) is 5.11 Å². The first-order chi connectivity index (χ1) is 9.06. The Hall–Kier alpha value is -1.81. The van der Waals surface area contributed by atoms with Crippen molar-refractivity contribution in [3.05, 3.63) is 30.0 Å². The molecule has 1 unspecified atom stereocenters. The van der Waals surface area contributed by atoms with Gasteiger partial charge in [-0.1, -0.05) is 0 Å². The molecule has 2 aromatic rings. The van der Waals surface area contributed by atoms with Gasteiger partial charge in [0.2, 0.25) is 0 Å². The maximum absolute atomic E-state index is 9.25. The maximum atomic E-state index is 9.25. The smallest absolute Gasteiger partial charge is 0.0727 e. The van der Waals surface area contributed by atoms with E-state index in [1.54, 1.807) is 0 Å². The fraction of sp³-hybridized carbons (Fsp3) is 0.400. The van der Waals surface area contributed by atoms with Crippen LogP contribution in [0.2, 0.25) is 0 Å². The summed E-state index contributed by atoms with van der Waals surface area (Å²) in [5, 5.41) is 13.7. The summed E-state index contributed by atoms with van der Waals surface area (Å²) in [6.07, 6.45) is 1.49. The van der Waals surface area contributed by atoms with Gasteiger partial charge >= 0.3 is 0 Å². The Balaban J connectivity index is 2.19. The van der Waals surface area contributed by atoms with Gasteiger partial charge in [0.05, 0.1) is 11.6 Å². The van der Waals surface area contributed by atoms with Gasteiger partial charge < -0.3 is 16.2 Å². The van der Waals surface area contributed by atoms with Gasteiger partial charge in [0.25, 0.3) is 0 Å². The number of nitrogen functional groups attached to an aromatic ring is 1. The van der Waals surface area contributed by atoms with Crippen molar-refractivity contribution in [1.82, 2.24) is 4.98 Å². The molecule has 0 aliphatic carbocycles. The van der Waals surface area contributed by atoms with Crippen molar-refractivity contribution in [3.8, 4) is 0 Å². The summed E-state index contributed by atoms with van der Waals surface area (Å²) in [7, 11) is 0. The minimum atomic E-state index is -0.242. The van der Waals surface area contributed by atoms with Crippen LogP contribution in [-0.2, 0) is 0 Å². The zero-order chi connectivity index (χ0) is 13.8. The molecule has 0 saturated carbocycles. The van der Waals surface area contributed by atoms with E-state index in [1.165, 1.54) is 0 Å². The van der Waals surface area contributed by atoms with Gasteiger partial charge in [0.15, 0.2) is 0 Å². The normalized spacial score (nSPS) is 12.6. The zero-order valence-electron chi connectivity index (χ0n) is 11.5. The Kier molecular flexibility index (Phi) is 4.22. The number of benzene rings is 1. The molecule has 4 nitrogen and oxygen atoms in total. The number of rotatable bonds is 5. The molecule has 0 radical (unpaired) electrons. The summed E-state index contributed by atoms with van der Waals surface area (Å²) in [5.74, 6) is 0. The lowest BCUT2D eigenvalue weighted by Crippen LogP contribution is -2.07. The SMILES string of the molecule is Cc1cc(NCCCC(C)O)c2cc(N)ccc2n1. The number of nitrogens with two attached hydrogens (primary N) is 1. The third-order valence-corrected chi connectivity index (χ3v) is 3.07. The minimum Gasteiger partial charge on any atom is -0.399 e. The highest BCUT2D eigenvalue weighted by molar-refractivity contribution is 5.93. The van der Waals surface area contributed by atoms with Crippen LogP contribution in [0.15, 0.2) is 24.3 Å². The van der Waals surface area contributed by atoms with Gasteiger partial charge in [-0.15, -0.1) is 0 Å². The molecule has 2 rings (SSSR count). The fourth-order valence-corrected chi connectivity index (χ4v) is 2.14. The molecular formula is C15H21N3O. The Morgan fingerprint density at radius 1 is 1.37 bits per heavy atom. The molecule has 0 aliphatic rings. The third kappa shape index (κ3) is 3.58. The predicted octanol–water partition coefficient (Wildman–Crippen LogP) is 2.70. The number of anilines is 2.